The van der Waals surface area contributed by atoms with Crippen molar-refractivity contribution < 1.29 is 9.84 Å². The number of hydrogen-bond donors (Lipinski definition) is 3. The van der Waals surface area contributed by atoms with E-state index in [0.717, 1.165) is 16.8 Å². The minimum absolute atomic E-state index is 0.284. The smallest absolute Gasteiger partial charge is 0.122 e. The first-order valence-electron chi connectivity index (χ1n) is 13.6. The SMILES string of the molecule is Oc1ccc2c(C3CCCC3)[nH]nc2c1.c1ccc(COc2ccc3c(C4CCCC4)[nH]nc3c2)cc1. The quantitative estimate of drug-likeness (QED) is 0.233. The molecule has 6 nitrogen and oxygen atoms in total. The molecule has 6 heteroatoms. The molecule has 7 rings (SSSR count). The average Bonchev–Trinajstić information content (AvgIpc) is 3.74. The van der Waals surface area contributed by atoms with Crippen LogP contribution >= 0.6 is 0 Å². The Balaban J connectivity index is 0.000000146. The van der Waals surface area contributed by atoms with Gasteiger partial charge in [0.2, 0.25) is 0 Å². The third kappa shape index (κ3) is 5.19. The molecule has 0 spiro atoms. The molecule has 0 radical (unpaired) electrons. The van der Waals surface area contributed by atoms with Crippen LogP contribution < -0.4 is 4.74 Å². The van der Waals surface area contributed by atoms with E-state index in [2.05, 4.69) is 44.7 Å². The van der Waals surface area contributed by atoms with Gasteiger partial charge in [0.25, 0.3) is 0 Å². The zero-order valence-electron chi connectivity index (χ0n) is 21.1. The van der Waals surface area contributed by atoms with Crippen LogP contribution in [-0.4, -0.2) is 25.5 Å². The number of phenols is 1. The van der Waals surface area contributed by atoms with E-state index in [1.165, 1.54) is 79.1 Å². The summed E-state index contributed by atoms with van der Waals surface area (Å²) in [4.78, 5) is 0. The van der Waals surface area contributed by atoms with Gasteiger partial charge < -0.3 is 9.84 Å². The molecule has 2 heterocycles. The van der Waals surface area contributed by atoms with E-state index >= 15 is 0 Å². The topological polar surface area (TPSA) is 86.8 Å². The Kier molecular flexibility index (Phi) is 6.80. The highest BCUT2D eigenvalue weighted by Crippen LogP contribution is 2.38. The molecule has 5 aromatic rings. The number of nitrogens with zero attached hydrogens (tertiary/aromatic N) is 2. The minimum Gasteiger partial charge on any atom is -0.508 e. The van der Waals surface area contributed by atoms with Crippen molar-refractivity contribution in [3.63, 3.8) is 0 Å². The molecule has 190 valence electrons. The molecular weight excluding hydrogens is 460 g/mol. The molecule has 0 saturated heterocycles. The molecule has 2 aliphatic carbocycles. The Morgan fingerprint density at radius 3 is 1.89 bits per heavy atom. The number of phenolic OH excluding ortho intramolecular Hbond substituents is 1. The lowest BCUT2D eigenvalue weighted by Crippen LogP contribution is -1.95. The highest BCUT2D eigenvalue weighted by Gasteiger charge is 2.22. The zero-order valence-corrected chi connectivity index (χ0v) is 21.1. The van der Waals surface area contributed by atoms with Gasteiger partial charge in [0, 0.05) is 46.1 Å². The molecule has 0 atom stereocenters. The fourth-order valence-corrected chi connectivity index (χ4v) is 5.92. The number of rotatable bonds is 5. The fourth-order valence-electron chi connectivity index (χ4n) is 5.92. The van der Waals surface area contributed by atoms with Gasteiger partial charge in [-0.3, -0.25) is 10.2 Å². The van der Waals surface area contributed by atoms with Gasteiger partial charge in [0.05, 0.1) is 11.0 Å². The molecule has 0 aliphatic heterocycles. The molecule has 2 saturated carbocycles. The van der Waals surface area contributed by atoms with Gasteiger partial charge in [0.15, 0.2) is 0 Å². The second kappa shape index (κ2) is 10.7. The van der Waals surface area contributed by atoms with Crippen LogP contribution in [0, 0.1) is 0 Å². The molecule has 3 N–H and O–H groups in total. The second-order valence-electron chi connectivity index (χ2n) is 10.4. The van der Waals surface area contributed by atoms with E-state index in [0.29, 0.717) is 18.4 Å². The predicted molar refractivity (Wildman–Crippen MR) is 147 cm³/mol. The van der Waals surface area contributed by atoms with E-state index in [-0.39, 0.29) is 5.75 Å². The van der Waals surface area contributed by atoms with Crippen molar-refractivity contribution in [2.24, 2.45) is 0 Å². The summed E-state index contributed by atoms with van der Waals surface area (Å²) in [5.74, 6) is 2.45. The normalized spacial score (nSPS) is 16.3. The lowest BCUT2D eigenvalue weighted by Gasteiger charge is -2.08. The number of fused-ring (bicyclic) bond motifs is 2. The number of benzene rings is 3. The fraction of sp³-hybridized carbons (Fsp3) is 0.355. The summed E-state index contributed by atoms with van der Waals surface area (Å²) in [6, 6.07) is 21.9. The van der Waals surface area contributed by atoms with Gasteiger partial charge >= 0.3 is 0 Å². The number of H-pyrrole nitrogens is 2. The maximum Gasteiger partial charge on any atom is 0.122 e. The van der Waals surface area contributed by atoms with E-state index in [9.17, 15) is 5.11 Å². The van der Waals surface area contributed by atoms with Crippen molar-refractivity contribution in [2.45, 2.75) is 69.8 Å². The van der Waals surface area contributed by atoms with E-state index in [1.54, 1.807) is 12.1 Å². The van der Waals surface area contributed by atoms with Crippen molar-refractivity contribution in [3.05, 3.63) is 83.7 Å². The first kappa shape index (κ1) is 23.6. The van der Waals surface area contributed by atoms with Gasteiger partial charge in [-0.15, -0.1) is 0 Å². The monoisotopic (exact) mass is 494 g/mol. The number of nitrogens with one attached hydrogen (secondary N) is 2. The van der Waals surface area contributed by atoms with Crippen LogP contribution in [0.5, 0.6) is 11.5 Å². The minimum atomic E-state index is 0.284. The van der Waals surface area contributed by atoms with Crippen molar-refractivity contribution in [1.82, 2.24) is 20.4 Å². The van der Waals surface area contributed by atoms with Crippen LogP contribution in [0.1, 0.15) is 80.2 Å². The van der Waals surface area contributed by atoms with Crippen LogP contribution in [0.4, 0.5) is 0 Å². The number of ether oxygens (including phenoxy) is 1. The van der Waals surface area contributed by atoms with Crippen molar-refractivity contribution in [3.8, 4) is 11.5 Å². The third-order valence-corrected chi connectivity index (χ3v) is 7.90. The Hall–Kier alpha value is -3.80. The summed E-state index contributed by atoms with van der Waals surface area (Å²) in [5, 5.41) is 26.9. The molecule has 37 heavy (non-hydrogen) atoms. The number of hydrogen-bond acceptors (Lipinski definition) is 4. The predicted octanol–water partition coefficient (Wildman–Crippen LogP) is 7.73. The molecule has 2 aromatic heterocycles. The van der Waals surface area contributed by atoms with Crippen molar-refractivity contribution >= 4 is 21.8 Å². The van der Waals surface area contributed by atoms with Crippen LogP contribution in [0.2, 0.25) is 0 Å². The summed E-state index contributed by atoms with van der Waals surface area (Å²) in [7, 11) is 0. The molecular formula is C31H34N4O2. The Labute approximate surface area is 217 Å². The van der Waals surface area contributed by atoms with Crippen LogP contribution in [0.15, 0.2) is 66.7 Å². The Morgan fingerprint density at radius 1 is 0.703 bits per heavy atom. The number of aromatic nitrogens is 4. The highest BCUT2D eigenvalue weighted by molar-refractivity contribution is 5.84. The standard InChI is InChI=1S/C19H20N2O.C12H14N2O/c1-2-6-14(7-3-1)13-22-16-10-11-17-18(12-16)20-21-19(17)15-8-4-5-9-15;15-9-5-6-10-11(7-9)13-14-12(10)8-3-1-2-4-8/h1-3,6-7,10-12,15H,4-5,8-9,13H2,(H,20,21);5-8,15H,1-4H2,(H,13,14). The number of aromatic hydroxyl groups is 1. The van der Waals surface area contributed by atoms with Crippen LogP contribution in [-0.2, 0) is 6.61 Å². The van der Waals surface area contributed by atoms with Crippen molar-refractivity contribution in [1.29, 1.82) is 0 Å². The van der Waals surface area contributed by atoms with Gasteiger partial charge in [-0.25, -0.2) is 0 Å². The largest absolute Gasteiger partial charge is 0.508 e. The molecule has 3 aromatic carbocycles. The van der Waals surface area contributed by atoms with Crippen molar-refractivity contribution in [2.75, 3.05) is 0 Å². The Morgan fingerprint density at radius 2 is 1.27 bits per heavy atom. The summed E-state index contributed by atoms with van der Waals surface area (Å²) in [5.41, 5.74) is 5.62. The lowest BCUT2D eigenvalue weighted by molar-refractivity contribution is 0.306. The first-order chi connectivity index (χ1) is 18.2. The van der Waals surface area contributed by atoms with E-state index in [4.69, 9.17) is 4.74 Å². The van der Waals surface area contributed by atoms with Crippen LogP contribution in [0.25, 0.3) is 21.8 Å². The number of aromatic amines is 2. The first-order valence-corrected chi connectivity index (χ1v) is 13.6. The molecule has 0 amide bonds. The Bertz CT molecular complexity index is 1460. The summed E-state index contributed by atoms with van der Waals surface area (Å²) < 4.78 is 5.88. The van der Waals surface area contributed by atoms with E-state index in [1.807, 2.05) is 30.3 Å². The molecule has 2 fully saturated rings. The lowest BCUT2D eigenvalue weighted by atomic mass is 10.0. The highest BCUT2D eigenvalue weighted by atomic mass is 16.5. The molecule has 2 aliphatic rings. The zero-order chi connectivity index (χ0) is 25.0. The summed E-state index contributed by atoms with van der Waals surface area (Å²) >= 11 is 0. The maximum atomic E-state index is 9.35. The molecule has 0 unspecified atom stereocenters. The maximum absolute atomic E-state index is 9.35. The van der Waals surface area contributed by atoms with Gasteiger partial charge in [0.1, 0.15) is 18.1 Å². The van der Waals surface area contributed by atoms with Gasteiger partial charge in [-0.1, -0.05) is 56.0 Å². The third-order valence-electron chi connectivity index (χ3n) is 7.90. The molecule has 0 bridgehead atoms. The van der Waals surface area contributed by atoms with E-state index < -0.39 is 0 Å². The average molecular weight is 495 g/mol. The second-order valence-corrected chi connectivity index (χ2v) is 10.4. The van der Waals surface area contributed by atoms with Gasteiger partial charge in [-0.2, -0.15) is 10.2 Å². The van der Waals surface area contributed by atoms with Crippen LogP contribution in [0.3, 0.4) is 0 Å². The summed E-state index contributed by atoms with van der Waals surface area (Å²) in [6.45, 7) is 0.590. The summed E-state index contributed by atoms with van der Waals surface area (Å²) in [6.07, 6.45) is 10.4. The van der Waals surface area contributed by atoms with Gasteiger partial charge in [-0.05, 0) is 55.5 Å².